The Balaban J connectivity index is 2.44. The molecule has 0 aromatic carbocycles. The van der Waals surface area contributed by atoms with Gasteiger partial charge in [-0.25, -0.2) is 0 Å². The van der Waals surface area contributed by atoms with Crippen LogP contribution in [-0.2, 0) is 4.79 Å². The van der Waals surface area contributed by atoms with E-state index < -0.39 is 5.97 Å². The van der Waals surface area contributed by atoms with Crippen molar-refractivity contribution < 1.29 is 9.90 Å². The van der Waals surface area contributed by atoms with Crippen LogP contribution in [0, 0.1) is 17.8 Å². The summed E-state index contributed by atoms with van der Waals surface area (Å²) in [6.07, 6.45) is 2.05. The summed E-state index contributed by atoms with van der Waals surface area (Å²) in [5, 5.41) is 8.66. The first kappa shape index (κ1) is 7.58. The number of carboxylic acids is 1. The summed E-state index contributed by atoms with van der Waals surface area (Å²) in [5.41, 5.74) is 0. The summed E-state index contributed by atoms with van der Waals surface area (Å²) in [7, 11) is 0. The van der Waals surface area contributed by atoms with Gasteiger partial charge in [-0.15, -0.1) is 0 Å². The molecule has 0 aromatic heterocycles. The van der Waals surface area contributed by atoms with E-state index in [-0.39, 0.29) is 5.92 Å². The third-order valence-electron chi connectivity index (χ3n) is 2.56. The summed E-state index contributed by atoms with van der Waals surface area (Å²) in [5.74, 6) is 0.332. The number of hydrogen-bond acceptors (Lipinski definition) is 1. The van der Waals surface area contributed by atoms with Gasteiger partial charge in [0.1, 0.15) is 0 Å². The van der Waals surface area contributed by atoms with Gasteiger partial charge in [-0.2, -0.15) is 0 Å². The maximum Gasteiger partial charge on any atom is 0.307 e. The van der Waals surface area contributed by atoms with Crippen LogP contribution in [0.15, 0.2) is 0 Å². The minimum Gasteiger partial charge on any atom is -0.481 e. The third-order valence-corrected chi connectivity index (χ3v) is 2.56. The van der Waals surface area contributed by atoms with Crippen LogP contribution in [0.5, 0.6) is 0 Å². The molecule has 1 aliphatic carbocycles. The molecule has 0 aromatic rings. The van der Waals surface area contributed by atoms with Crippen molar-refractivity contribution in [3.63, 3.8) is 0 Å². The quantitative estimate of drug-likeness (QED) is 0.651. The molecule has 1 fully saturated rings. The normalized spacial score (nSPS) is 37.6. The van der Waals surface area contributed by atoms with E-state index in [0.717, 1.165) is 12.8 Å². The van der Waals surface area contributed by atoms with Gasteiger partial charge in [0, 0.05) is 0 Å². The number of carbonyl (C=O) groups is 1. The molecule has 0 heterocycles. The second-order valence-corrected chi connectivity index (χ2v) is 3.01. The molecule has 2 atom stereocenters. The van der Waals surface area contributed by atoms with E-state index in [2.05, 4.69) is 13.8 Å². The van der Waals surface area contributed by atoms with Crippen molar-refractivity contribution in [1.29, 1.82) is 0 Å². The number of rotatable bonds is 3. The van der Waals surface area contributed by atoms with Crippen LogP contribution in [0.25, 0.3) is 0 Å². The van der Waals surface area contributed by atoms with Crippen LogP contribution in [0.4, 0.5) is 0 Å². The van der Waals surface area contributed by atoms with Gasteiger partial charge < -0.3 is 5.11 Å². The van der Waals surface area contributed by atoms with Gasteiger partial charge in [0.15, 0.2) is 0 Å². The Morgan fingerprint density at radius 3 is 1.80 bits per heavy atom. The summed E-state index contributed by atoms with van der Waals surface area (Å²) in [6.45, 7) is 4.13. The van der Waals surface area contributed by atoms with Gasteiger partial charge >= 0.3 is 5.97 Å². The molecule has 0 spiro atoms. The Morgan fingerprint density at radius 1 is 1.30 bits per heavy atom. The fourth-order valence-corrected chi connectivity index (χ4v) is 1.92. The summed E-state index contributed by atoms with van der Waals surface area (Å²) >= 11 is 0. The Labute approximate surface area is 61.2 Å². The fourth-order valence-electron chi connectivity index (χ4n) is 1.92. The average molecular weight is 142 g/mol. The first-order valence-electron chi connectivity index (χ1n) is 3.95. The summed E-state index contributed by atoms with van der Waals surface area (Å²) < 4.78 is 0. The molecule has 0 radical (unpaired) electrons. The Morgan fingerprint density at radius 2 is 1.70 bits per heavy atom. The topological polar surface area (TPSA) is 37.3 Å². The minimum atomic E-state index is -0.598. The Hall–Kier alpha value is -0.530. The van der Waals surface area contributed by atoms with Crippen LogP contribution in [0.2, 0.25) is 0 Å². The molecule has 2 nitrogen and oxygen atoms in total. The highest BCUT2D eigenvalue weighted by atomic mass is 16.4. The second-order valence-electron chi connectivity index (χ2n) is 3.01. The summed E-state index contributed by atoms with van der Waals surface area (Å²) in [4.78, 5) is 10.5. The SMILES string of the molecule is CC[C@H]1C(C(=O)O)[C@@H]1CC. The molecule has 0 bridgehead atoms. The molecule has 1 aliphatic rings. The zero-order valence-corrected chi connectivity index (χ0v) is 6.50. The van der Waals surface area contributed by atoms with Gasteiger partial charge in [-0.3, -0.25) is 4.79 Å². The molecule has 1 saturated carbocycles. The van der Waals surface area contributed by atoms with Crippen LogP contribution in [-0.4, -0.2) is 11.1 Å². The molecule has 10 heavy (non-hydrogen) atoms. The van der Waals surface area contributed by atoms with E-state index in [0.29, 0.717) is 11.8 Å². The van der Waals surface area contributed by atoms with Crippen LogP contribution in [0.3, 0.4) is 0 Å². The highest BCUT2D eigenvalue weighted by molar-refractivity contribution is 5.74. The molecular formula is C8H14O2. The number of carboxylic acid groups (broad SMARTS) is 1. The summed E-state index contributed by atoms with van der Waals surface area (Å²) in [6, 6.07) is 0. The first-order valence-corrected chi connectivity index (χ1v) is 3.95. The lowest BCUT2D eigenvalue weighted by Crippen LogP contribution is -2.00. The number of hydrogen-bond donors (Lipinski definition) is 1. The lowest BCUT2D eigenvalue weighted by molar-refractivity contribution is -0.139. The maximum absolute atomic E-state index is 10.5. The first-order chi connectivity index (χ1) is 4.72. The molecule has 0 aliphatic heterocycles. The molecule has 1 N–H and O–H groups in total. The number of aliphatic carboxylic acids is 1. The molecule has 1 rings (SSSR count). The monoisotopic (exact) mass is 142 g/mol. The lowest BCUT2D eigenvalue weighted by Gasteiger charge is -1.84. The largest absolute Gasteiger partial charge is 0.481 e. The molecule has 0 amide bonds. The Bertz CT molecular complexity index is 132. The molecule has 0 unspecified atom stereocenters. The van der Waals surface area contributed by atoms with Crippen molar-refractivity contribution in [2.75, 3.05) is 0 Å². The minimum absolute atomic E-state index is 0.0185. The van der Waals surface area contributed by atoms with E-state index in [9.17, 15) is 4.79 Å². The van der Waals surface area contributed by atoms with E-state index in [1.54, 1.807) is 0 Å². The predicted molar refractivity (Wildman–Crippen MR) is 38.7 cm³/mol. The lowest BCUT2D eigenvalue weighted by atomic mass is 10.2. The zero-order chi connectivity index (χ0) is 7.72. The van der Waals surface area contributed by atoms with Crippen LogP contribution >= 0.6 is 0 Å². The van der Waals surface area contributed by atoms with Crippen molar-refractivity contribution >= 4 is 5.97 Å². The molecule has 2 heteroatoms. The van der Waals surface area contributed by atoms with Gasteiger partial charge in [0.2, 0.25) is 0 Å². The molecular weight excluding hydrogens is 128 g/mol. The van der Waals surface area contributed by atoms with E-state index in [4.69, 9.17) is 5.11 Å². The van der Waals surface area contributed by atoms with Crippen molar-refractivity contribution in [3.05, 3.63) is 0 Å². The zero-order valence-electron chi connectivity index (χ0n) is 6.50. The van der Waals surface area contributed by atoms with Crippen molar-refractivity contribution in [3.8, 4) is 0 Å². The molecule has 58 valence electrons. The smallest absolute Gasteiger partial charge is 0.307 e. The average Bonchev–Trinajstić information content (AvgIpc) is 2.60. The van der Waals surface area contributed by atoms with E-state index in [1.807, 2.05) is 0 Å². The van der Waals surface area contributed by atoms with E-state index in [1.165, 1.54) is 0 Å². The van der Waals surface area contributed by atoms with Gasteiger partial charge in [-0.1, -0.05) is 26.7 Å². The van der Waals surface area contributed by atoms with Crippen molar-refractivity contribution in [1.82, 2.24) is 0 Å². The van der Waals surface area contributed by atoms with E-state index >= 15 is 0 Å². The van der Waals surface area contributed by atoms with Gasteiger partial charge in [0.05, 0.1) is 5.92 Å². The van der Waals surface area contributed by atoms with Crippen LogP contribution < -0.4 is 0 Å². The highest BCUT2D eigenvalue weighted by Crippen LogP contribution is 2.50. The third kappa shape index (κ3) is 1.02. The molecule has 0 saturated heterocycles. The fraction of sp³-hybridized carbons (Fsp3) is 0.875. The van der Waals surface area contributed by atoms with Crippen molar-refractivity contribution in [2.45, 2.75) is 26.7 Å². The predicted octanol–water partition coefficient (Wildman–Crippen LogP) is 1.75. The maximum atomic E-state index is 10.5. The van der Waals surface area contributed by atoms with Gasteiger partial charge in [-0.05, 0) is 11.8 Å². The highest BCUT2D eigenvalue weighted by Gasteiger charge is 2.52. The standard InChI is InChI=1S/C8H14O2/c1-3-5-6(4-2)7(5)8(9)10/h5-7H,3-4H2,1-2H3,(H,9,10)/t5-,6-/m1/s1. The second kappa shape index (κ2) is 2.60. The van der Waals surface area contributed by atoms with Crippen LogP contribution in [0.1, 0.15) is 26.7 Å². The van der Waals surface area contributed by atoms with Crippen molar-refractivity contribution in [2.24, 2.45) is 17.8 Å². The Kier molecular flexibility index (Phi) is 1.97. The van der Waals surface area contributed by atoms with Gasteiger partial charge in [0.25, 0.3) is 0 Å².